The molecule has 6 atom stereocenters. The summed E-state index contributed by atoms with van der Waals surface area (Å²) in [6.07, 6.45) is 8.31. The van der Waals surface area contributed by atoms with E-state index in [0.717, 1.165) is 6.42 Å². The third kappa shape index (κ3) is 5.54. The second kappa shape index (κ2) is 12.2. The number of aliphatic hydroxyl groups excluding tert-OH is 1. The Morgan fingerprint density at radius 3 is 2.19 bits per heavy atom. The molecule has 0 aliphatic carbocycles. The van der Waals surface area contributed by atoms with Gasteiger partial charge in [0.25, 0.3) is 0 Å². The highest BCUT2D eigenvalue weighted by Gasteiger charge is 2.75. The highest BCUT2D eigenvalue weighted by molar-refractivity contribution is 6.04. The molecule has 4 aliphatic heterocycles. The molecule has 0 saturated carbocycles. The molecule has 9 heteroatoms. The van der Waals surface area contributed by atoms with Crippen LogP contribution in [0.2, 0.25) is 0 Å². The lowest BCUT2D eigenvalue weighted by Crippen LogP contribution is -2.60. The van der Waals surface area contributed by atoms with E-state index in [-0.39, 0.29) is 23.1 Å². The summed E-state index contributed by atoms with van der Waals surface area (Å²) in [4.78, 5) is 50.1. The van der Waals surface area contributed by atoms with Gasteiger partial charge >= 0.3 is 0 Å². The van der Waals surface area contributed by atoms with Gasteiger partial charge in [-0.15, -0.1) is 0 Å². The molecule has 1 unspecified atom stereocenters. The second-order valence-corrected chi connectivity index (χ2v) is 15.5. The number of rotatable bonds is 8. The number of nitrogens with zero attached hydrogens (tertiary/aromatic N) is 3. The molecule has 1 N–H and O–H groups in total. The van der Waals surface area contributed by atoms with Gasteiger partial charge in [0, 0.05) is 24.3 Å². The summed E-state index contributed by atoms with van der Waals surface area (Å²) in [7, 11) is 0. The number of likely N-dealkylation sites (tertiary alicyclic amines) is 1. The van der Waals surface area contributed by atoms with Crippen LogP contribution in [0.3, 0.4) is 0 Å². The quantitative estimate of drug-likeness (QED) is 0.388. The van der Waals surface area contributed by atoms with E-state index in [2.05, 4.69) is 34.6 Å². The summed E-state index contributed by atoms with van der Waals surface area (Å²) in [5, 5.41) is 10.9. The normalized spacial score (nSPS) is 29.4. The Morgan fingerprint density at radius 2 is 1.56 bits per heavy atom. The van der Waals surface area contributed by atoms with E-state index >= 15 is 9.59 Å². The fourth-order valence-corrected chi connectivity index (χ4v) is 8.89. The van der Waals surface area contributed by atoms with E-state index in [1.807, 2.05) is 97.6 Å². The van der Waals surface area contributed by atoms with Crippen LogP contribution >= 0.6 is 0 Å². The van der Waals surface area contributed by atoms with Crippen molar-refractivity contribution < 1.29 is 29.0 Å². The smallest absolute Gasteiger partial charge is 0.249 e. The van der Waals surface area contributed by atoms with E-state index in [1.165, 1.54) is 4.90 Å². The van der Waals surface area contributed by atoms with E-state index in [9.17, 15) is 9.90 Å². The van der Waals surface area contributed by atoms with Gasteiger partial charge in [-0.25, -0.2) is 0 Å². The number of carbonyl (C=O) groups is 3. The summed E-state index contributed by atoms with van der Waals surface area (Å²) in [6.45, 7) is 15.1. The number of hydrogen-bond donors (Lipinski definition) is 1. The molecule has 0 radical (unpaired) electrons. The molecule has 0 aromatic heterocycles. The summed E-state index contributed by atoms with van der Waals surface area (Å²) in [5.41, 5.74) is -1.86. The molecule has 48 heavy (non-hydrogen) atoms. The van der Waals surface area contributed by atoms with Crippen LogP contribution in [0.1, 0.15) is 66.5 Å². The lowest BCUT2D eigenvalue weighted by atomic mass is 9.74. The zero-order chi connectivity index (χ0) is 34.6. The topological polar surface area (TPSA) is 99.6 Å². The average Bonchev–Trinajstić information content (AvgIpc) is 3.28. The monoisotopic (exact) mass is 655 g/mol. The van der Waals surface area contributed by atoms with E-state index in [1.54, 1.807) is 4.90 Å². The summed E-state index contributed by atoms with van der Waals surface area (Å²) in [6, 6.07) is 14.7. The van der Waals surface area contributed by atoms with Gasteiger partial charge < -0.3 is 29.3 Å². The number of ether oxygens (including phenoxy) is 2. The van der Waals surface area contributed by atoms with Crippen molar-refractivity contribution in [2.75, 3.05) is 31.2 Å². The SMILES string of the molecule is CCOc1ccc(N2CC=C[C@@]3(C)O[C@]45C=CCN(C(C)(C)CC(C)(C)C)C(=O)C4N([C@H](CO)c4ccccc4)C(=O)[C@@H]5[C@H]3C2=O)cc1. The molecule has 2 fully saturated rings. The van der Waals surface area contributed by atoms with Gasteiger partial charge in [-0.1, -0.05) is 75.4 Å². The van der Waals surface area contributed by atoms with Crippen LogP contribution in [0.15, 0.2) is 78.9 Å². The molecule has 4 aliphatic rings. The number of carbonyl (C=O) groups excluding carboxylic acids is 3. The molecular formula is C39H49N3O6. The van der Waals surface area contributed by atoms with Gasteiger partial charge in [0.05, 0.1) is 36.7 Å². The average molecular weight is 656 g/mol. The Hall–Kier alpha value is -3.95. The molecule has 2 saturated heterocycles. The van der Waals surface area contributed by atoms with Gasteiger partial charge in [-0.05, 0) is 69.4 Å². The van der Waals surface area contributed by atoms with Crippen molar-refractivity contribution in [3.05, 3.63) is 84.5 Å². The molecule has 256 valence electrons. The Balaban J connectivity index is 1.49. The molecule has 0 bridgehead atoms. The Kier molecular flexibility index (Phi) is 8.61. The zero-order valence-corrected chi connectivity index (χ0v) is 29.2. The highest BCUT2D eigenvalue weighted by Crippen LogP contribution is 2.59. The summed E-state index contributed by atoms with van der Waals surface area (Å²) < 4.78 is 12.7. The predicted molar refractivity (Wildman–Crippen MR) is 184 cm³/mol. The van der Waals surface area contributed by atoms with Crippen molar-refractivity contribution in [1.82, 2.24) is 9.80 Å². The third-order valence-electron chi connectivity index (χ3n) is 10.3. The molecule has 9 nitrogen and oxygen atoms in total. The maximum absolute atomic E-state index is 15.1. The third-order valence-corrected chi connectivity index (χ3v) is 10.3. The fraction of sp³-hybridized carbons (Fsp3) is 0.513. The fourth-order valence-electron chi connectivity index (χ4n) is 8.89. The largest absolute Gasteiger partial charge is 0.494 e. The van der Waals surface area contributed by atoms with E-state index < -0.39 is 47.3 Å². The maximum atomic E-state index is 15.1. The Morgan fingerprint density at radius 1 is 0.896 bits per heavy atom. The molecule has 3 amide bonds. The number of fused-ring (bicyclic) bond motifs is 2. The molecule has 2 aromatic carbocycles. The van der Waals surface area contributed by atoms with Gasteiger partial charge in [0.1, 0.15) is 17.4 Å². The number of aliphatic hydroxyl groups is 1. The van der Waals surface area contributed by atoms with Crippen LogP contribution in [0.5, 0.6) is 5.75 Å². The zero-order valence-electron chi connectivity index (χ0n) is 29.2. The minimum Gasteiger partial charge on any atom is -0.494 e. The lowest BCUT2D eigenvalue weighted by Gasteiger charge is -2.45. The first-order chi connectivity index (χ1) is 22.7. The highest BCUT2D eigenvalue weighted by atomic mass is 16.5. The van der Waals surface area contributed by atoms with Gasteiger partial charge in [-0.2, -0.15) is 0 Å². The predicted octanol–water partition coefficient (Wildman–Crippen LogP) is 5.31. The van der Waals surface area contributed by atoms with Gasteiger partial charge in [-0.3, -0.25) is 14.4 Å². The Bertz CT molecular complexity index is 1610. The summed E-state index contributed by atoms with van der Waals surface area (Å²) in [5.74, 6) is -2.10. The molecule has 2 aromatic rings. The van der Waals surface area contributed by atoms with Crippen LogP contribution in [0.4, 0.5) is 5.69 Å². The van der Waals surface area contributed by atoms with Crippen LogP contribution in [0, 0.1) is 17.3 Å². The van der Waals surface area contributed by atoms with Crippen molar-refractivity contribution >= 4 is 23.4 Å². The maximum Gasteiger partial charge on any atom is 0.249 e. The van der Waals surface area contributed by atoms with Crippen LogP contribution < -0.4 is 9.64 Å². The van der Waals surface area contributed by atoms with E-state index in [0.29, 0.717) is 36.7 Å². The minimum atomic E-state index is -1.44. The Labute approximate surface area is 284 Å². The number of anilines is 1. The first kappa shape index (κ1) is 33.9. The minimum absolute atomic E-state index is 0.0745. The number of amides is 3. The standard InChI is InChI=1S/C39H49N3O6/c1-8-47-28-18-16-27(17-19-28)40-22-12-20-38(7)30(33(40)44)31-34(45)42(29(24-43)26-14-10-9-11-15-26)32-35(46)41(23-13-21-39(31,32)48-38)37(5,6)25-36(2,3)4/h9-21,29-32,43H,8,22-25H2,1-7H3/t29-,30+,31+,32?,38-,39+/m1/s1. The van der Waals surface area contributed by atoms with Crippen molar-refractivity contribution in [2.45, 2.75) is 83.7 Å². The van der Waals surface area contributed by atoms with Gasteiger partial charge in [0.2, 0.25) is 17.7 Å². The first-order valence-corrected chi connectivity index (χ1v) is 17.1. The number of benzene rings is 2. The van der Waals surface area contributed by atoms with Crippen LogP contribution in [-0.2, 0) is 19.1 Å². The van der Waals surface area contributed by atoms with Crippen molar-refractivity contribution in [3.8, 4) is 5.75 Å². The molecule has 4 heterocycles. The lowest BCUT2D eigenvalue weighted by molar-refractivity contribution is -0.158. The van der Waals surface area contributed by atoms with Gasteiger partial charge in [0.15, 0.2) is 0 Å². The second-order valence-electron chi connectivity index (χ2n) is 15.5. The van der Waals surface area contributed by atoms with Crippen LogP contribution in [0.25, 0.3) is 0 Å². The van der Waals surface area contributed by atoms with Crippen molar-refractivity contribution in [2.24, 2.45) is 17.3 Å². The molecular weight excluding hydrogens is 606 g/mol. The van der Waals surface area contributed by atoms with E-state index in [4.69, 9.17) is 9.47 Å². The molecule has 6 rings (SSSR count). The van der Waals surface area contributed by atoms with Crippen LogP contribution in [-0.4, -0.2) is 81.7 Å². The van der Waals surface area contributed by atoms with Crippen molar-refractivity contribution in [3.63, 3.8) is 0 Å². The molecule has 1 spiro atoms. The summed E-state index contributed by atoms with van der Waals surface area (Å²) >= 11 is 0. The number of hydrogen-bond acceptors (Lipinski definition) is 6. The van der Waals surface area contributed by atoms with Crippen molar-refractivity contribution in [1.29, 1.82) is 0 Å². The first-order valence-electron chi connectivity index (χ1n) is 17.1.